The Hall–Kier alpha value is -1.60. The number of methoxy groups -OCH3 is 1. The average molecular weight is 352 g/mol. The van der Waals surface area contributed by atoms with Crippen LogP contribution in [-0.4, -0.2) is 51.7 Å². The summed E-state index contributed by atoms with van der Waals surface area (Å²) in [4.78, 5) is 14.3. The van der Waals surface area contributed by atoms with Gasteiger partial charge in [0.05, 0.1) is 19.8 Å². The molecule has 1 aliphatic heterocycles. The monoisotopic (exact) mass is 352 g/mol. The smallest absolute Gasteiger partial charge is 0.226 e. The van der Waals surface area contributed by atoms with Crippen molar-refractivity contribution in [3.63, 3.8) is 0 Å². The number of sulfonamides is 1. The predicted octanol–water partition coefficient (Wildman–Crippen LogP) is 1.17. The standard InChI is InChI=1S/C17H24N2O4S/c1-23-14-5-3-13(4-6-14)11-16(20)19-9-7-17(8-10-19)12-15(17)18-24(2,21)22/h3-6,15,18H,7-12H2,1-2H3. The second kappa shape index (κ2) is 6.37. The van der Waals surface area contributed by atoms with Gasteiger partial charge in [0.25, 0.3) is 0 Å². The zero-order valence-electron chi connectivity index (χ0n) is 14.1. The van der Waals surface area contributed by atoms with E-state index in [0.717, 1.165) is 30.6 Å². The Bertz CT molecular complexity index is 707. The summed E-state index contributed by atoms with van der Waals surface area (Å²) in [6.07, 6.45) is 4.22. The van der Waals surface area contributed by atoms with Gasteiger partial charge in [0.1, 0.15) is 5.75 Å². The predicted molar refractivity (Wildman–Crippen MR) is 91.3 cm³/mol. The molecule has 0 aromatic heterocycles. The van der Waals surface area contributed by atoms with Crippen molar-refractivity contribution in [2.45, 2.75) is 31.7 Å². The SMILES string of the molecule is COc1ccc(CC(=O)N2CCC3(CC2)CC3NS(C)(=O)=O)cc1. The van der Waals surface area contributed by atoms with Gasteiger partial charge in [-0.05, 0) is 42.4 Å². The second-order valence-corrected chi connectivity index (χ2v) is 8.69. The van der Waals surface area contributed by atoms with Crippen molar-refractivity contribution < 1.29 is 17.9 Å². The number of nitrogens with one attached hydrogen (secondary N) is 1. The number of carbonyl (C=O) groups excluding carboxylic acids is 1. The lowest BCUT2D eigenvalue weighted by molar-refractivity contribution is -0.132. The Labute approximate surface area is 143 Å². The first-order valence-corrected chi connectivity index (χ1v) is 10.1. The van der Waals surface area contributed by atoms with Crippen molar-refractivity contribution in [1.82, 2.24) is 9.62 Å². The van der Waals surface area contributed by atoms with Crippen LogP contribution in [0.5, 0.6) is 5.75 Å². The highest BCUT2D eigenvalue weighted by molar-refractivity contribution is 7.88. The van der Waals surface area contributed by atoms with Crippen LogP contribution in [0.1, 0.15) is 24.8 Å². The van der Waals surface area contributed by atoms with Crippen LogP contribution in [0.25, 0.3) is 0 Å². The molecular weight excluding hydrogens is 328 g/mol. The highest BCUT2D eigenvalue weighted by atomic mass is 32.2. The first kappa shape index (κ1) is 17.2. The molecule has 1 N–H and O–H groups in total. The number of likely N-dealkylation sites (tertiary alicyclic amines) is 1. The van der Waals surface area contributed by atoms with E-state index in [9.17, 15) is 13.2 Å². The zero-order valence-corrected chi connectivity index (χ0v) is 14.9. The van der Waals surface area contributed by atoms with Gasteiger partial charge in [0, 0.05) is 19.1 Å². The minimum absolute atomic E-state index is 0.0475. The number of amides is 1. The van der Waals surface area contributed by atoms with Gasteiger partial charge in [-0.3, -0.25) is 4.79 Å². The third-order valence-corrected chi connectivity index (χ3v) is 5.89. The normalized spacial score (nSPS) is 22.4. The molecule has 1 aromatic rings. The molecule has 0 bridgehead atoms. The molecule has 1 heterocycles. The lowest BCUT2D eigenvalue weighted by Gasteiger charge is -2.33. The van der Waals surface area contributed by atoms with Gasteiger partial charge >= 0.3 is 0 Å². The summed E-state index contributed by atoms with van der Waals surface area (Å²) in [5.74, 6) is 0.910. The van der Waals surface area contributed by atoms with Crippen LogP contribution in [0.15, 0.2) is 24.3 Å². The molecule has 1 saturated carbocycles. The van der Waals surface area contributed by atoms with E-state index in [-0.39, 0.29) is 17.4 Å². The molecule has 1 atom stereocenters. The fraction of sp³-hybridized carbons (Fsp3) is 0.588. The molecule has 132 valence electrons. The first-order chi connectivity index (χ1) is 11.3. The summed E-state index contributed by atoms with van der Waals surface area (Å²) in [6.45, 7) is 1.41. The second-order valence-electron chi connectivity index (χ2n) is 6.91. The summed E-state index contributed by atoms with van der Waals surface area (Å²) < 4.78 is 30.5. The lowest BCUT2D eigenvalue weighted by atomic mass is 9.92. The molecule has 6 nitrogen and oxygen atoms in total. The first-order valence-electron chi connectivity index (χ1n) is 8.19. The molecular formula is C17H24N2O4S. The van der Waals surface area contributed by atoms with E-state index in [0.29, 0.717) is 19.5 Å². The van der Waals surface area contributed by atoms with Crippen molar-refractivity contribution in [2.75, 3.05) is 26.5 Å². The third-order valence-electron chi connectivity index (χ3n) is 5.17. The molecule has 7 heteroatoms. The quantitative estimate of drug-likeness (QED) is 0.863. The summed E-state index contributed by atoms with van der Waals surface area (Å²) >= 11 is 0. The molecule has 1 saturated heterocycles. The zero-order chi connectivity index (χ0) is 17.4. The van der Waals surface area contributed by atoms with Gasteiger partial charge in [0.2, 0.25) is 15.9 Å². The number of rotatable bonds is 5. The fourth-order valence-corrected chi connectivity index (χ4v) is 4.41. The molecule has 24 heavy (non-hydrogen) atoms. The van der Waals surface area contributed by atoms with Crippen molar-refractivity contribution in [3.8, 4) is 5.75 Å². The maximum absolute atomic E-state index is 12.4. The average Bonchev–Trinajstić information content (AvgIpc) is 3.17. The number of ether oxygens (including phenoxy) is 1. The summed E-state index contributed by atoms with van der Waals surface area (Å²) in [6, 6.07) is 7.59. The minimum atomic E-state index is -3.15. The van der Waals surface area contributed by atoms with Crippen LogP contribution in [0.3, 0.4) is 0 Å². The van der Waals surface area contributed by atoms with Crippen molar-refractivity contribution in [2.24, 2.45) is 5.41 Å². The maximum Gasteiger partial charge on any atom is 0.226 e. The van der Waals surface area contributed by atoms with Gasteiger partial charge < -0.3 is 9.64 Å². The van der Waals surface area contributed by atoms with Crippen LogP contribution >= 0.6 is 0 Å². The van der Waals surface area contributed by atoms with Gasteiger partial charge in [-0.2, -0.15) is 0 Å². The van der Waals surface area contributed by atoms with Crippen LogP contribution in [0.4, 0.5) is 0 Å². The van der Waals surface area contributed by atoms with Gasteiger partial charge in [-0.15, -0.1) is 0 Å². The van der Waals surface area contributed by atoms with E-state index >= 15 is 0 Å². The molecule has 1 aliphatic carbocycles. The van der Waals surface area contributed by atoms with E-state index in [2.05, 4.69) is 4.72 Å². The molecule has 1 unspecified atom stereocenters. The Morgan fingerprint density at radius 1 is 1.29 bits per heavy atom. The van der Waals surface area contributed by atoms with Gasteiger partial charge in [-0.1, -0.05) is 12.1 Å². The van der Waals surface area contributed by atoms with Gasteiger partial charge in [-0.25, -0.2) is 13.1 Å². The number of hydrogen-bond acceptors (Lipinski definition) is 4. The van der Waals surface area contributed by atoms with E-state index in [1.54, 1.807) is 7.11 Å². The Balaban J connectivity index is 1.50. The Morgan fingerprint density at radius 2 is 1.92 bits per heavy atom. The molecule has 3 rings (SSSR count). The molecule has 1 spiro atoms. The van der Waals surface area contributed by atoms with E-state index in [1.165, 1.54) is 6.26 Å². The van der Waals surface area contributed by atoms with Crippen molar-refractivity contribution in [1.29, 1.82) is 0 Å². The number of carbonyl (C=O) groups is 1. The third kappa shape index (κ3) is 3.89. The van der Waals surface area contributed by atoms with Crippen LogP contribution in [0.2, 0.25) is 0 Å². The van der Waals surface area contributed by atoms with Crippen LogP contribution in [-0.2, 0) is 21.2 Å². The lowest BCUT2D eigenvalue weighted by Crippen LogP contribution is -2.42. The topological polar surface area (TPSA) is 75.7 Å². The van der Waals surface area contributed by atoms with E-state index < -0.39 is 10.0 Å². The van der Waals surface area contributed by atoms with Crippen molar-refractivity contribution in [3.05, 3.63) is 29.8 Å². The minimum Gasteiger partial charge on any atom is -0.497 e. The summed E-state index contributed by atoms with van der Waals surface area (Å²) in [7, 11) is -1.53. The fourth-order valence-electron chi connectivity index (χ4n) is 3.56. The number of nitrogens with zero attached hydrogens (tertiary/aromatic N) is 1. The number of benzene rings is 1. The summed E-state index contributed by atoms with van der Waals surface area (Å²) in [5.41, 5.74) is 1.05. The van der Waals surface area contributed by atoms with E-state index in [1.807, 2.05) is 29.2 Å². The molecule has 2 aliphatic rings. The largest absolute Gasteiger partial charge is 0.497 e. The molecule has 0 radical (unpaired) electrons. The van der Waals surface area contributed by atoms with E-state index in [4.69, 9.17) is 4.74 Å². The number of hydrogen-bond donors (Lipinski definition) is 1. The van der Waals surface area contributed by atoms with Crippen LogP contribution < -0.4 is 9.46 Å². The van der Waals surface area contributed by atoms with Crippen LogP contribution in [0, 0.1) is 5.41 Å². The Kier molecular flexibility index (Phi) is 4.57. The molecule has 2 fully saturated rings. The highest BCUT2D eigenvalue weighted by Gasteiger charge is 2.56. The highest BCUT2D eigenvalue weighted by Crippen LogP contribution is 2.54. The molecule has 1 amide bonds. The Morgan fingerprint density at radius 3 is 2.46 bits per heavy atom. The summed E-state index contributed by atoms with van der Waals surface area (Å²) in [5, 5.41) is 0. The maximum atomic E-state index is 12.4. The molecule has 1 aromatic carbocycles. The van der Waals surface area contributed by atoms with Gasteiger partial charge in [0.15, 0.2) is 0 Å². The number of piperidine rings is 1. The van der Waals surface area contributed by atoms with Crippen molar-refractivity contribution >= 4 is 15.9 Å².